The van der Waals surface area contributed by atoms with Crippen molar-refractivity contribution in [1.29, 1.82) is 0 Å². The largest absolute Gasteiger partial charge is 0.382 e. The van der Waals surface area contributed by atoms with E-state index in [-0.39, 0.29) is 29.9 Å². The first-order chi connectivity index (χ1) is 15.9. The number of pyridine rings is 1. The van der Waals surface area contributed by atoms with Crippen LogP contribution in [0.4, 0.5) is 17.2 Å². The number of aromatic nitrogens is 2. The van der Waals surface area contributed by atoms with Crippen LogP contribution in [0.15, 0.2) is 36.0 Å². The minimum Gasteiger partial charge on any atom is -0.382 e. The number of nitrogens with one attached hydrogen (secondary N) is 4. The highest BCUT2D eigenvalue weighted by Gasteiger charge is 2.24. The molecule has 0 unspecified atom stereocenters. The quantitative estimate of drug-likeness (QED) is 0.410. The summed E-state index contributed by atoms with van der Waals surface area (Å²) in [5.41, 5.74) is 4.99. The van der Waals surface area contributed by atoms with Gasteiger partial charge in [0.1, 0.15) is 5.82 Å². The van der Waals surface area contributed by atoms with E-state index >= 15 is 0 Å². The molecule has 1 fully saturated rings. The van der Waals surface area contributed by atoms with Gasteiger partial charge in [-0.2, -0.15) is 0 Å². The van der Waals surface area contributed by atoms with Crippen LogP contribution in [0.5, 0.6) is 0 Å². The van der Waals surface area contributed by atoms with Gasteiger partial charge in [0.15, 0.2) is 0 Å². The van der Waals surface area contributed by atoms with Gasteiger partial charge in [-0.25, -0.2) is 9.97 Å². The number of carbonyl (C=O) groups excluding carboxylic acids is 2. The Labute approximate surface area is 197 Å². The van der Waals surface area contributed by atoms with E-state index in [9.17, 15) is 9.59 Å². The zero-order valence-electron chi connectivity index (χ0n) is 19.1. The van der Waals surface area contributed by atoms with E-state index in [1.165, 1.54) is 0 Å². The number of nitrogens with zero attached hydrogens (tertiary/aromatic N) is 2. The molecule has 4 rings (SSSR count). The second kappa shape index (κ2) is 10.2. The Balaban J connectivity index is 1.45. The highest BCUT2D eigenvalue weighted by molar-refractivity contribution is 7.16. The molecule has 33 heavy (non-hydrogen) atoms. The number of fused-ring (bicyclic) bond motifs is 1. The van der Waals surface area contributed by atoms with E-state index in [0.717, 1.165) is 47.3 Å². The first-order valence-corrected chi connectivity index (χ1v) is 12.2. The van der Waals surface area contributed by atoms with Gasteiger partial charge in [0.05, 0.1) is 27.0 Å². The molecule has 0 aliphatic heterocycles. The highest BCUT2D eigenvalue weighted by atomic mass is 32.1. The zero-order chi connectivity index (χ0) is 23.4. The number of anilines is 3. The molecule has 0 atom stereocenters. The van der Waals surface area contributed by atoms with E-state index in [0.29, 0.717) is 11.4 Å². The van der Waals surface area contributed by atoms with Gasteiger partial charge in [0.2, 0.25) is 5.91 Å². The summed E-state index contributed by atoms with van der Waals surface area (Å²) in [6.45, 7) is 5.62. The maximum Gasteiger partial charge on any atom is 0.255 e. The molecule has 9 heteroatoms. The lowest BCUT2D eigenvalue weighted by molar-refractivity contribution is -0.119. The lowest BCUT2D eigenvalue weighted by Gasteiger charge is -2.29. The Kier molecular flexibility index (Phi) is 7.08. The molecule has 1 saturated carbocycles. The first kappa shape index (κ1) is 23.0. The average Bonchev–Trinajstić information content (AvgIpc) is 3.22. The third kappa shape index (κ3) is 5.98. The van der Waals surface area contributed by atoms with Crippen molar-refractivity contribution in [3.05, 3.63) is 41.5 Å². The Morgan fingerprint density at radius 3 is 2.45 bits per heavy atom. The number of benzene rings is 1. The second-order valence-corrected chi connectivity index (χ2v) is 9.68. The van der Waals surface area contributed by atoms with E-state index in [2.05, 4.69) is 31.2 Å². The third-order valence-corrected chi connectivity index (χ3v) is 6.46. The minimum absolute atomic E-state index is 0.00126. The van der Waals surface area contributed by atoms with Crippen molar-refractivity contribution in [2.24, 2.45) is 0 Å². The van der Waals surface area contributed by atoms with Crippen molar-refractivity contribution < 1.29 is 9.59 Å². The maximum absolute atomic E-state index is 13.1. The molecule has 8 nitrogen and oxygen atoms in total. The van der Waals surface area contributed by atoms with Gasteiger partial charge < -0.3 is 21.3 Å². The fourth-order valence-corrected chi connectivity index (χ4v) is 4.86. The molecule has 0 bridgehead atoms. The van der Waals surface area contributed by atoms with Crippen LogP contribution in [0.3, 0.4) is 0 Å². The highest BCUT2D eigenvalue weighted by Crippen LogP contribution is 2.27. The molecule has 0 spiro atoms. The predicted molar refractivity (Wildman–Crippen MR) is 133 cm³/mol. The van der Waals surface area contributed by atoms with E-state index in [1.54, 1.807) is 24.5 Å². The predicted octanol–water partition coefficient (Wildman–Crippen LogP) is 4.43. The third-order valence-electron chi connectivity index (χ3n) is 5.67. The van der Waals surface area contributed by atoms with Gasteiger partial charge in [0, 0.05) is 43.0 Å². The maximum atomic E-state index is 13.1. The minimum atomic E-state index is -0.133. The fraction of sp³-hybridized carbons (Fsp3) is 0.417. The topological polar surface area (TPSA) is 108 Å². The van der Waals surface area contributed by atoms with Gasteiger partial charge in [-0.1, -0.05) is 0 Å². The monoisotopic (exact) mass is 466 g/mol. The van der Waals surface area contributed by atoms with Crippen LogP contribution >= 0.6 is 11.3 Å². The van der Waals surface area contributed by atoms with Crippen LogP contribution in [-0.4, -0.2) is 39.9 Å². The Morgan fingerprint density at radius 2 is 1.76 bits per heavy atom. The van der Waals surface area contributed by atoms with Crippen molar-refractivity contribution >= 4 is 50.6 Å². The van der Waals surface area contributed by atoms with Crippen LogP contribution in [0.2, 0.25) is 0 Å². The fourth-order valence-electron chi connectivity index (χ4n) is 4.15. The number of hydrogen-bond donors (Lipinski definition) is 4. The van der Waals surface area contributed by atoms with Crippen molar-refractivity contribution in [1.82, 2.24) is 20.6 Å². The molecule has 4 N–H and O–H groups in total. The Hall–Kier alpha value is -3.20. The normalized spacial score (nSPS) is 18.2. The summed E-state index contributed by atoms with van der Waals surface area (Å²) in [4.78, 5) is 33.2. The molecule has 2 amide bonds. The molecule has 0 saturated heterocycles. The zero-order valence-corrected chi connectivity index (χ0v) is 20.0. The van der Waals surface area contributed by atoms with Crippen molar-refractivity contribution in [3.63, 3.8) is 0 Å². The molecule has 1 aliphatic carbocycles. The smallest absolute Gasteiger partial charge is 0.255 e. The number of rotatable bonds is 7. The first-order valence-electron chi connectivity index (χ1n) is 11.3. The van der Waals surface area contributed by atoms with Crippen molar-refractivity contribution in [3.8, 4) is 0 Å². The molecule has 1 aromatic carbocycles. The van der Waals surface area contributed by atoms with Crippen molar-refractivity contribution in [2.45, 2.75) is 64.6 Å². The average molecular weight is 467 g/mol. The van der Waals surface area contributed by atoms with Gasteiger partial charge in [0.25, 0.3) is 5.91 Å². The van der Waals surface area contributed by atoms with Crippen LogP contribution in [0, 0.1) is 0 Å². The van der Waals surface area contributed by atoms with Gasteiger partial charge in [-0.3, -0.25) is 9.59 Å². The van der Waals surface area contributed by atoms with Crippen LogP contribution in [0.1, 0.15) is 56.8 Å². The summed E-state index contributed by atoms with van der Waals surface area (Å²) in [6, 6.07) is 8.32. The van der Waals surface area contributed by atoms with Crippen LogP contribution in [0.25, 0.3) is 10.2 Å². The summed E-state index contributed by atoms with van der Waals surface area (Å²) < 4.78 is 1.10. The number of carbonyl (C=O) groups is 2. The lowest BCUT2D eigenvalue weighted by Crippen LogP contribution is -2.43. The van der Waals surface area contributed by atoms with E-state index < -0.39 is 0 Å². The number of hydrogen-bond acceptors (Lipinski definition) is 7. The molecule has 2 aromatic heterocycles. The Bertz CT molecular complexity index is 1140. The molecule has 174 valence electrons. The van der Waals surface area contributed by atoms with Gasteiger partial charge >= 0.3 is 0 Å². The number of thiazole rings is 1. The summed E-state index contributed by atoms with van der Waals surface area (Å²) in [6.07, 6.45) is 5.05. The SMILES string of the molecule is CC(=O)N[C@H]1CC[C@H](NC(=O)c2cnc(Nc3ccc4ncsc4c3)cc2NC(C)C)CC1. The second-order valence-electron chi connectivity index (χ2n) is 8.80. The molecule has 3 aromatic rings. The summed E-state index contributed by atoms with van der Waals surface area (Å²) in [5.74, 6) is 0.527. The summed E-state index contributed by atoms with van der Waals surface area (Å²) in [7, 11) is 0. The van der Waals surface area contributed by atoms with E-state index in [4.69, 9.17) is 0 Å². The van der Waals surface area contributed by atoms with Gasteiger partial charge in [-0.15, -0.1) is 11.3 Å². The lowest BCUT2D eigenvalue weighted by atomic mass is 9.91. The van der Waals surface area contributed by atoms with Gasteiger partial charge in [-0.05, 0) is 57.7 Å². The number of amides is 2. The summed E-state index contributed by atoms with van der Waals surface area (Å²) in [5, 5.41) is 12.8. The van der Waals surface area contributed by atoms with Crippen molar-refractivity contribution in [2.75, 3.05) is 10.6 Å². The molecular weight excluding hydrogens is 436 g/mol. The molecule has 1 aliphatic rings. The Morgan fingerprint density at radius 1 is 1.03 bits per heavy atom. The molecular formula is C24H30N6O2S. The molecule has 0 radical (unpaired) electrons. The standard InChI is InChI=1S/C24H30N6O2S/c1-14(2)27-21-11-23(29-18-8-9-20-22(10-18)33-13-26-20)25-12-19(21)24(32)30-17-6-4-16(5-7-17)28-15(3)31/h8-14,16-17H,4-7H2,1-3H3,(H,28,31)(H,30,32)(H2,25,27,29)/t16-,17-. The van der Waals surface area contributed by atoms with Crippen LogP contribution < -0.4 is 21.3 Å². The van der Waals surface area contributed by atoms with Crippen LogP contribution in [-0.2, 0) is 4.79 Å². The summed E-state index contributed by atoms with van der Waals surface area (Å²) >= 11 is 1.59. The molecule has 2 heterocycles. The van der Waals surface area contributed by atoms with E-state index in [1.807, 2.05) is 43.6 Å².